The van der Waals surface area contributed by atoms with Gasteiger partial charge in [-0.15, -0.1) is 0 Å². The minimum atomic E-state index is -0.144. The van der Waals surface area contributed by atoms with Crippen molar-refractivity contribution in [2.24, 2.45) is 5.92 Å². The van der Waals surface area contributed by atoms with E-state index >= 15 is 0 Å². The van der Waals surface area contributed by atoms with Crippen LogP contribution < -0.4 is 5.32 Å². The summed E-state index contributed by atoms with van der Waals surface area (Å²) < 4.78 is 5.62. The van der Waals surface area contributed by atoms with Gasteiger partial charge in [0.2, 0.25) is 0 Å². The highest BCUT2D eigenvalue weighted by Gasteiger charge is 2.33. The van der Waals surface area contributed by atoms with Gasteiger partial charge in [-0.1, -0.05) is 0 Å². The van der Waals surface area contributed by atoms with Gasteiger partial charge in [0, 0.05) is 25.7 Å². The number of nitrogens with zero attached hydrogens (tertiary/aromatic N) is 1. The van der Waals surface area contributed by atoms with Crippen molar-refractivity contribution in [3.8, 4) is 0 Å². The lowest BCUT2D eigenvalue weighted by Crippen LogP contribution is -2.47. The summed E-state index contributed by atoms with van der Waals surface area (Å²) in [5, 5.41) is 3.61. The van der Waals surface area contributed by atoms with E-state index in [2.05, 4.69) is 5.32 Å². The van der Waals surface area contributed by atoms with E-state index in [9.17, 15) is 4.79 Å². The van der Waals surface area contributed by atoms with Crippen molar-refractivity contribution in [1.82, 2.24) is 10.2 Å². The summed E-state index contributed by atoms with van der Waals surface area (Å²) in [5.41, 5.74) is 0. The van der Waals surface area contributed by atoms with Crippen LogP contribution in [0.4, 0.5) is 0 Å². The molecule has 19 heavy (non-hydrogen) atoms. The van der Waals surface area contributed by atoms with Crippen molar-refractivity contribution in [2.75, 3.05) is 26.2 Å². The van der Waals surface area contributed by atoms with Gasteiger partial charge in [0.15, 0.2) is 0 Å². The Balaban J connectivity index is 1.47. The summed E-state index contributed by atoms with van der Waals surface area (Å²) in [6.45, 7) is 3.81. The smallest absolute Gasteiger partial charge is 0.251 e. The maximum absolute atomic E-state index is 12.4. The van der Waals surface area contributed by atoms with Gasteiger partial charge in [-0.25, -0.2) is 0 Å². The fourth-order valence-corrected chi connectivity index (χ4v) is 3.78. The lowest BCUT2D eigenvalue weighted by atomic mass is 9.88. The van der Waals surface area contributed by atoms with Crippen molar-refractivity contribution < 1.29 is 9.53 Å². The van der Waals surface area contributed by atoms with E-state index in [1.807, 2.05) is 4.90 Å². The first-order valence-electron chi connectivity index (χ1n) is 7.98. The first-order chi connectivity index (χ1) is 9.34. The second-order valence-electron chi connectivity index (χ2n) is 6.22. The molecule has 0 spiro atoms. The Morgan fingerprint density at radius 3 is 2.53 bits per heavy atom. The molecule has 4 nitrogen and oxygen atoms in total. The maximum atomic E-state index is 12.4. The van der Waals surface area contributed by atoms with Crippen LogP contribution in [0.5, 0.6) is 0 Å². The highest BCUT2D eigenvalue weighted by atomic mass is 16.5. The number of likely N-dealkylation sites (tertiary alicyclic amines) is 1. The van der Waals surface area contributed by atoms with Crippen molar-refractivity contribution >= 4 is 5.91 Å². The van der Waals surface area contributed by atoms with Crippen molar-refractivity contribution in [2.45, 2.75) is 57.1 Å². The molecule has 0 radical (unpaired) electrons. The highest BCUT2D eigenvalue weighted by molar-refractivity contribution is 5.81. The third-order valence-electron chi connectivity index (χ3n) is 4.97. The number of amides is 1. The van der Waals surface area contributed by atoms with Gasteiger partial charge in [-0.3, -0.25) is 4.79 Å². The number of hydrogen-bond acceptors (Lipinski definition) is 3. The molecule has 3 heterocycles. The van der Waals surface area contributed by atoms with Crippen LogP contribution in [0, 0.1) is 5.92 Å². The number of carbonyl (C=O) groups excluding carboxylic acids is 1. The molecule has 0 aromatic carbocycles. The predicted molar refractivity (Wildman–Crippen MR) is 73.9 cm³/mol. The topological polar surface area (TPSA) is 41.6 Å². The third-order valence-corrected chi connectivity index (χ3v) is 4.97. The summed E-state index contributed by atoms with van der Waals surface area (Å²) in [5.74, 6) is 1.02. The van der Waals surface area contributed by atoms with Crippen molar-refractivity contribution in [3.63, 3.8) is 0 Å². The van der Waals surface area contributed by atoms with Crippen LogP contribution in [0.15, 0.2) is 0 Å². The molecular weight excluding hydrogens is 240 g/mol. The molecule has 0 saturated carbocycles. The monoisotopic (exact) mass is 266 g/mol. The summed E-state index contributed by atoms with van der Waals surface area (Å²) in [7, 11) is 0. The lowest BCUT2D eigenvalue weighted by molar-refractivity contribution is -0.148. The minimum Gasteiger partial charge on any atom is -0.368 e. The fourth-order valence-electron chi connectivity index (χ4n) is 3.78. The van der Waals surface area contributed by atoms with Gasteiger partial charge in [0.1, 0.15) is 6.10 Å². The zero-order valence-electron chi connectivity index (χ0n) is 11.8. The summed E-state index contributed by atoms with van der Waals surface area (Å²) >= 11 is 0. The van der Waals surface area contributed by atoms with Crippen LogP contribution in [0.3, 0.4) is 0 Å². The van der Waals surface area contributed by atoms with Crippen molar-refractivity contribution in [3.05, 3.63) is 0 Å². The van der Waals surface area contributed by atoms with E-state index in [1.54, 1.807) is 0 Å². The van der Waals surface area contributed by atoms with Gasteiger partial charge >= 0.3 is 0 Å². The van der Waals surface area contributed by atoms with Gasteiger partial charge < -0.3 is 15.0 Å². The summed E-state index contributed by atoms with van der Waals surface area (Å²) in [4.78, 5) is 14.4. The van der Waals surface area contributed by atoms with Gasteiger partial charge in [0.05, 0.1) is 0 Å². The molecule has 3 aliphatic rings. The van der Waals surface area contributed by atoms with Crippen LogP contribution in [0.25, 0.3) is 0 Å². The normalized spacial score (nSPS) is 33.6. The molecule has 4 heteroatoms. The zero-order valence-corrected chi connectivity index (χ0v) is 11.8. The number of rotatable bonds is 2. The number of hydrogen-bond donors (Lipinski definition) is 1. The Labute approximate surface area is 115 Å². The lowest BCUT2D eigenvalue weighted by Gasteiger charge is -2.37. The van der Waals surface area contributed by atoms with Gasteiger partial charge in [-0.05, 0) is 57.4 Å². The Kier molecular flexibility index (Phi) is 4.38. The molecule has 0 aliphatic carbocycles. The summed E-state index contributed by atoms with van der Waals surface area (Å²) in [6, 6.07) is 0.711. The Morgan fingerprint density at radius 1 is 1.05 bits per heavy atom. The van der Waals surface area contributed by atoms with E-state index < -0.39 is 0 Å². The molecule has 3 aliphatic heterocycles. The molecule has 3 fully saturated rings. The molecular formula is C15H26N2O2. The van der Waals surface area contributed by atoms with E-state index in [4.69, 9.17) is 4.74 Å². The first-order valence-corrected chi connectivity index (χ1v) is 7.98. The quantitative estimate of drug-likeness (QED) is 0.824. The number of nitrogens with one attached hydrogen (secondary N) is 1. The van der Waals surface area contributed by atoms with E-state index in [1.165, 1.54) is 19.4 Å². The Bertz CT molecular complexity index is 301. The SMILES string of the molecule is O=C(C1CCCCO1)N1CCC(C2CCCN2)CC1. The standard InChI is InChI=1S/C15H26N2O2/c18-15(14-5-1-2-11-19-14)17-9-6-12(7-10-17)13-4-3-8-16-13/h12-14,16H,1-11H2. The van der Waals surface area contributed by atoms with E-state index in [-0.39, 0.29) is 12.0 Å². The average molecular weight is 266 g/mol. The highest BCUT2D eigenvalue weighted by Crippen LogP contribution is 2.26. The van der Waals surface area contributed by atoms with Crippen LogP contribution in [-0.2, 0) is 9.53 Å². The van der Waals surface area contributed by atoms with Gasteiger partial charge in [0.25, 0.3) is 5.91 Å². The molecule has 0 aromatic rings. The second-order valence-corrected chi connectivity index (χ2v) is 6.22. The molecule has 3 rings (SSSR count). The average Bonchev–Trinajstić information content (AvgIpc) is 3.02. The number of ether oxygens (including phenoxy) is 1. The van der Waals surface area contributed by atoms with E-state index in [0.29, 0.717) is 6.04 Å². The second kappa shape index (κ2) is 6.23. The van der Waals surface area contributed by atoms with Crippen LogP contribution >= 0.6 is 0 Å². The molecule has 108 valence electrons. The third kappa shape index (κ3) is 3.11. The molecule has 0 aromatic heterocycles. The fraction of sp³-hybridized carbons (Fsp3) is 0.933. The minimum absolute atomic E-state index is 0.144. The summed E-state index contributed by atoms with van der Waals surface area (Å²) in [6.07, 6.45) is 7.99. The largest absolute Gasteiger partial charge is 0.368 e. The molecule has 3 saturated heterocycles. The molecule has 2 atom stereocenters. The Hall–Kier alpha value is -0.610. The molecule has 2 unspecified atom stereocenters. The number of carbonyl (C=O) groups is 1. The van der Waals surface area contributed by atoms with Crippen molar-refractivity contribution in [1.29, 1.82) is 0 Å². The first kappa shape index (κ1) is 13.4. The van der Waals surface area contributed by atoms with Crippen LogP contribution in [0.1, 0.15) is 44.9 Å². The van der Waals surface area contributed by atoms with Crippen LogP contribution in [-0.4, -0.2) is 49.2 Å². The zero-order chi connectivity index (χ0) is 13.1. The maximum Gasteiger partial charge on any atom is 0.251 e. The molecule has 1 amide bonds. The molecule has 1 N–H and O–H groups in total. The predicted octanol–water partition coefficient (Wildman–Crippen LogP) is 1.55. The van der Waals surface area contributed by atoms with E-state index in [0.717, 1.165) is 57.7 Å². The Morgan fingerprint density at radius 2 is 1.89 bits per heavy atom. The van der Waals surface area contributed by atoms with Crippen LogP contribution in [0.2, 0.25) is 0 Å². The van der Waals surface area contributed by atoms with Gasteiger partial charge in [-0.2, -0.15) is 0 Å². The molecule has 0 bridgehead atoms. The number of piperidine rings is 1.